The lowest BCUT2D eigenvalue weighted by molar-refractivity contribution is -0.135. The maximum absolute atomic E-state index is 11.2. The van der Waals surface area contributed by atoms with Gasteiger partial charge in [0.1, 0.15) is 6.61 Å². The highest BCUT2D eigenvalue weighted by atomic mass is 16.5. The molecule has 94 valence electrons. The van der Waals surface area contributed by atoms with Crippen molar-refractivity contribution in [2.24, 2.45) is 0 Å². The molecule has 0 aromatic heterocycles. The molecule has 0 amide bonds. The van der Waals surface area contributed by atoms with E-state index in [-0.39, 0.29) is 6.61 Å². The maximum Gasteiger partial charge on any atom is 0.384 e. The molecule has 18 heavy (non-hydrogen) atoms. The molecule has 0 radical (unpaired) electrons. The normalized spacial score (nSPS) is 9.83. The Hall–Kier alpha value is -2.01. The zero-order valence-electron chi connectivity index (χ0n) is 10.7. The van der Waals surface area contributed by atoms with Gasteiger partial charge in [0.25, 0.3) is 0 Å². The first-order chi connectivity index (χ1) is 8.83. The molecule has 1 rings (SSSR count). The van der Waals surface area contributed by atoms with Crippen LogP contribution in [0.5, 0.6) is 0 Å². The largest absolute Gasteiger partial charge is 0.452 e. The minimum atomic E-state index is -0.455. The van der Waals surface area contributed by atoms with Crippen molar-refractivity contribution in [2.45, 2.75) is 26.2 Å². The van der Waals surface area contributed by atoms with Crippen molar-refractivity contribution in [1.82, 2.24) is 0 Å². The van der Waals surface area contributed by atoms with Crippen LogP contribution in [0.3, 0.4) is 0 Å². The summed E-state index contributed by atoms with van der Waals surface area (Å²) >= 11 is 0. The first-order valence-electron chi connectivity index (χ1n) is 6.20. The van der Waals surface area contributed by atoms with Gasteiger partial charge in [-0.2, -0.15) is 0 Å². The van der Waals surface area contributed by atoms with E-state index in [0.29, 0.717) is 0 Å². The highest BCUT2D eigenvalue weighted by Gasteiger charge is 1.93. The van der Waals surface area contributed by atoms with E-state index >= 15 is 0 Å². The molecule has 0 aliphatic carbocycles. The summed E-state index contributed by atoms with van der Waals surface area (Å²) in [6, 6.07) is 9.87. The first-order valence-corrected chi connectivity index (χ1v) is 6.20. The molecule has 0 bridgehead atoms. The van der Waals surface area contributed by atoms with Crippen LogP contribution in [0.2, 0.25) is 0 Å². The van der Waals surface area contributed by atoms with Crippen LogP contribution in [0, 0.1) is 11.8 Å². The number of benzene rings is 1. The Morgan fingerprint density at radius 3 is 2.83 bits per heavy atom. The minimum Gasteiger partial charge on any atom is -0.452 e. The molecule has 0 saturated carbocycles. The van der Waals surface area contributed by atoms with Gasteiger partial charge in [0.05, 0.1) is 0 Å². The summed E-state index contributed by atoms with van der Waals surface area (Å²) in [7, 11) is 0. The Bertz CT molecular complexity index is 435. The monoisotopic (exact) mass is 242 g/mol. The second-order valence-electron chi connectivity index (χ2n) is 3.82. The van der Waals surface area contributed by atoms with Gasteiger partial charge in [0.2, 0.25) is 0 Å². The summed E-state index contributed by atoms with van der Waals surface area (Å²) in [5.74, 6) is 4.81. The van der Waals surface area contributed by atoms with Gasteiger partial charge in [-0.3, -0.25) is 0 Å². The third-order valence-electron chi connectivity index (χ3n) is 2.27. The second-order valence-corrected chi connectivity index (χ2v) is 3.82. The fraction of sp³-hybridized carbons (Fsp3) is 0.312. The van der Waals surface area contributed by atoms with Gasteiger partial charge < -0.3 is 4.74 Å². The molecule has 0 atom stereocenters. The van der Waals surface area contributed by atoms with E-state index < -0.39 is 5.97 Å². The van der Waals surface area contributed by atoms with E-state index in [0.717, 1.165) is 24.8 Å². The predicted octanol–water partition coefficient (Wildman–Crippen LogP) is 3.44. The van der Waals surface area contributed by atoms with Crippen LogP contribution in [0.15, 0.2) is 36.4 Å². The lowest BCUT2D eigenvalue weighted by atomic mass is 10.2. The predicted molar refractivity (Wildman–Crippen MR) is 73.7 cm³/mol. The second kappa shape index (κ2) is 9.07. The Labute approximate surface area is 109 Å². The van der Waals surface area contributed by atoms with Gasteiger partial charge in [-0.15, -0.1) is 0 Å². The summed E-state index contributed by atoms with van der Waals surface area (Å²) in [4.78, 5) is 11.2. The third-order valence-corrected chi connectivity index (χ3v) is 2.27. The Morgan fingerprint density at radius 2 is 2.11 bits per heavy atom. The zero-order chi connectivity index (χ0) is 13.1. The van der Waals surface area contributed by atoms with E-state index in [1.54, 1.807) is 6.08 Å². The summed E-state index contributed by atoms with van der Waals surface area (Å²) < 4.78 is 4.94. The fourth-order valence-corrected chi connectivity index (χ4v) is 1.31. The van der Waals surface area contributed by atoms with E-state index in [9.17, 15) is 4.79 Å². The van der Waals surface area contributed by atoms with Crippen LogP contribution in [0.4, 0.5) is 0 Å². The summed E-state index contributed by atoms with van der Waals surface area (Å²) in [5, 5.41) is 0. The molecule has 0 fully saturated rings. The minimum absolute atomic E-state index is 0.260. The molecule has 0 aliphatic heterocycles. The fourth-order valence-electron chi connectivity index (χ4n) is 1.31. The molecule has 0 N–H and O–H groups in total. The standard InChI is InChI=1S/C16H18O2/c1-2-3-4-8-13-16(17)18-14-9-12-15-10-6-5-7-11-15/h5-7,9-12H,2-4,14H2,1H3/b12-9+. The number of hydrogen-bond acceptors (Lipinski definition) is 2. The van der Waals surface area contributed by atoms with Crippen LogP contribution in [0.25, 0.3) is 6.08 Å². The summed E-state index contributed by atoms with van der Waals surface area (Å²) in [6.07, 6.45) is 6.59. The molecular weight excluding hydrogens is 224 g/mol. The molecule has 0 saturated heterocycles. The van der Waals surface area contributed by atoms with Gasteiger partial charge in [0.15, 0.2) is 0 Å². The van der Waals surface area contributed by atoms with E-state index in [1.807, 2.05) is 36.4 Å². The van der Waals surface area contributed by atoms with Crippen LogP contribution in [0.1, 0.15) is 31.7 Å². The van der Waals surface area contributed by atoms with Gasteiger partial charge in [0, 0.05) is 12.3 Å². The van der Waals surface area contributed by atoms with Crippen LogP contribution < -0.4 is 0 Å². The highest BCUT2D eigenvalue weighted by Crippen LogP contribution is 2.00. The molecule has 1 aromatic rings. The van der Waals surface area contributed by atoms with Crippen molar-refractivity contribution in [3.8, 4) is 11.8 Å². The number of unbranched alkanes of at least 4 members (excludes halogenated alkanes) is 2. The Kier molecular flexibility index (Phi) is 7.08. The molecule has 0 heterocycles. The lowest BCUT2D eigenvalue weighted by Crippen LogP contribution is -2.00. The summed E-state index contributed by atoms with van der Waals surface area (Å²) in [6.45, 7) is 2.35. The molecule has 2 nitrogen and oxygen atoms in total. The number of hydrogen-bond donors (Lipinski definition) is 0. The van der Waals surface area contributed by atoms with Crippen LogP contribution in [-0.4, -0.2) is 12.6 Å². The highest BCUT2D eigenvalue weighted by molar-refractivity contribution is 5.88. The number of carbonyl (C=O) groups is 1. The zero-order valence-corrected chi connectivity index (χ0v) is 10.7. The van der Waals surface area contributed by atoms with Crippen molar-refractivity contribution >= 4 is 12.0 Å². The van der Waals surface area contributed by atoms with E-state index in [1.165, 1.54) is 0 Å². The quantitative estimate of drug-likeness (QED) is 0.342. The van der Waals surface area contributed by atoms with Gasteiger partial charge in [-0.25, -0.2) is 4.79 Å². The summed E-state index contributed by atoms with van der Waals surface area (Å²) in [5.41, 5.74) is 1.09. The number of ether oxygens (including phenoxy) is 1. The SMILES string of the molecule is CCCCC#CC(=O)OC/C=C/c1ccccc1. The number of carbonyl (C=O) groups excluding carboxylic acids is 1. The van der Waals surface area contributed by atoms with Gasteiger partial charge >= 0.3 is 5.97 Å². The van der Waals surface area contributed by atoms with Crippen molar-refractivity contribution in [1.29, 1.82) is 0 Å². The van der Waals surface area contributed by atoms with Crippen molar-refractivity contribution in [3.63, 3.8) is 0 Å². The number of rotatable bonds is 5. The topological polar surface area (TPSA) is 26.3 Å². The van der Waals surface area contributed by atoms with Crippen LogP contribution >= 0.6 is 0 Å². The third kappa shape index (κ3) is 6.55. The van der Waals surface area contributed by atoms with Gasteiger partial charge in [-0.1, -0.05) is 55.7 Å². The lowest BCUT2D eigenvalue weighted by Gasteiger charge is -1.94. The average molecular weight is 242 g/mol. The molecule has 2 heteroatoms. The maximum atomic E-state index is 11.2. The van der Waals surface area contributed by atoms with Crippen LogP contribution in [-0.2, 0) is 9.53 Å². The molecule has 0 unspecified atom stereocenters. The first kappa shape index (κ1) is 14.1. The van der Waals surface area contributed by atoms with E-state index in [4.69, 9.17) is 4.74 Å². The van der Waals surface area contributed by atoms with E-state index in [2.05, 4.69) is 18.8 Å². The molecule has 1 aromatic carbocycles. The molecule has 0 spiro atoms. The number of esters is 1. The Balaban J connectivity index is 2.22. The Morgan fingerprint density at radius 1 is 1.33 bits per heavy atom. The van der Waals surface area contributed by atoms with Crippen molar-refractivity contribution in [2.75, 3.05) is 6.61 Å². The van der Waals surface area contributed by atoms with Gasteiger partial charge in [-0.05, 0) is 18.1 Å². The smallest absolute Gasteiger partial charge is 0.384 e. The average Bonchev–Trinajstić information content (AvgIpc) is 2.41. The van der Waals surface area contributed by atoms with Crippen molar-refractivity contribution in [3.05, 3.63) is 42.0 Å². The molecule has 0 aliphatic rings. The van der Waals surface area contributed by atoms with Crippen molar-refractivity contribution < 1.29 is 9.53 Å². The molecular formula is C16H18O2.